The standard InChI is InChI=1S/C27H31ClN4O3S/c1-18-15-24(28)7-8-25(18)26(17-27(31-33)23-9-12-30-19(2)16-23)22-5-3-20(4-6-22)21-10-13-32(14-11-21)36(29,34)35/h3-9,12,15-16,21,26,33H,10-11,13-14,17H2,1-2H3,(H2,29,34,35)/t26-/m1/s1. The predicted octanol–water partition coefficient (Wildman–Crippen LogP) is 5.14. The number of hydrogen-bond donors (Lipinski definition) is 2. The topological polar surface area (TPSA) is 109 Å². The van der Waals surface area contributed by atoms with Gasteiger partial charge in [0, 0.05) is 47.9 Å². The van der Waals surface area contributed by atoms with Crippen molar-refractivity contribution in [3.8, 4) is 0 Å². The Kier molecular flexibility index (Phi) is 8.10. The van der Waals surface area contributed by atoms with Crippen LogP contribution in [0.5, 0.6) is 0 Å². The van der Waals surface area contributed by atoms with Gasteiger partial charge in [-0.2, -0.15) is 12.7 Å². The molecule has 0 saturated carbocycles. The van der Waals surface area contributed by atoms with E-state index < -0.39 is 10.2 Å². The van der Waals surface area contributed by atoms with Gasteiger partial charge in [0.05, 0.1) is 5.71 Å². The first-order valence-corrected chi connectivity index (χ1v) is 13.8. The van der Waals surface area contributed by atoms with Gasteiger partial charge in [-0.05, 0) is 79.1 Å². The van der Waals surface area contributed by atoms with Gasteiger partial charge in [0.25, 0.3) is 10.2 Å². The lowest BCUT2D eigenvalue weighted by atomic mass is 9.82. The molecular weight excluding hydrogens is 496 g/mol. The highest BCUT2D eigenvalue weighted by Gasteiger charge is 2.27. The number of aryl methyl sites for hydroxylation is 2. The number of hydrogen-bond acceptors (Lipinski definition) is 5. The average molecular weight is 527 g/mol. The summed E-state index contributed by atoms with van der Waals surface area (Å²) in [6.45, 7) is 4.80. The van der Waals surface area contributed by atoms with Crippen LogP contribution < -0.4 is 5.14 Å². The number of oxime groups is 1. The second-order valence-electron chi connectivity index (χ2n) is 9.38. The Labute approximate surface area is 217 Å². The second kappa shape index (κ2) is 11.1. The molecule has 1 atom stereocenters. The van der Waals surface area contributed by atoms with E-state index in [1.807, 2.05) is 44.2 Å². The lowest BCUT2D eigenvalue weighted by Crippen LogP contribution is -2.41. The number of pyridine rings is 1. The number of benzene rings is 2. The highest BCUT2D eigenvalue weighted by molar-refractivity contribution is 7.86. The van der Waals surface area contributed by atoms with E-state index in [0.29, 0.717) is 30.2 Å². The molecule has 0 unspecified atom stereocenters. The van der Waals surface area contributed by atoms with Gasteiger partial charge in [-0.15, -0.1) is 0 Å². The number of rotatable bonds is 7. The minimum Gasteiger partial charge on any atom is -0.411 e. The molecule has 4 rings (SSSR count). The summed E-state index contributed by atoms with van der Waals surface area (Å²) in [7, 11) is -3.64. The molecule has 0 aliphatic carbocycles. The Morgan fingerprint density at radius 2 is 1.83 bits per heavy atom. The fraction of sp³-hybridized carbons (Fsp3) is 0.333. The third kappa shape index (κ3) is 6.13. The first kappa shape index (κ1) is 26.3. The van der Waals surface area contributed by atoms with E-state index >= 15 is 0 Å². The molecule has 1 aliphatic heterocycles. The Morgan fingerprint density at radius 1 is 1.14 bits per heavy atom. The number of nitrogens with zero attached hydrogens (tertiary/aromatic N) is 3. The van der Waals surface area contributed by atoms with Crippen LogP contribution in [0.1, 0.15) is 64.6 Å². The van der Waals surface area contributed by atoms with Crippen LogP contribution in [0.2, 0.25) is 5.02 Å². The molecule has 1 aromatic heterocycles. The van der Waals surface area contributed by atoms with Crippen molar-refractivity contribution in [2.45, 2.75) is 44.9 Å². The Morgan fingerprint density at radius 3 is 2.42 bits per heavy atom. The monoisotopic (exact) mass is 526 g/mol. The van der Waals surface area contributed by atoms with Gasteiger partial charge in [0.15, 0.2) is 0 Å². The highest BCUT2D eigenvalue weighted by atomic mass is 35.5. The molecule has 1 fully saturated rings. The molecule has 2 aromatic carbocycles. The Hall–Kier alpha value is -2.78. The van der Waals surface area contributed by atoms with Crippen LogP contribution in [-0.2, 0) is 10.2 Å². The van der Waals surface area contributed by atoms with Crippen molar-refractivity contribution in [3.63, 3.8) is 0 Å². The zero-order valence-electron chi connectivity index (χ0n) is 20.4. The zero-order chi connectivity index (χ0) is 25.9. The van der Waals surface area contributed by atoms with Gasteiger partial charge in [0.1, 0.15) is 0 Å². The van der Waals surface area contributed by atoms with Crippen LogP contribution in [0.3, 0.4) is 0 Å². The van der Waals surface area contributed by atoms with E-state index in [1.54, 1.807) is 6.20 Å². The normalized spacial score (nSPS) is 16.7. The van der Waals surface area contributed by atoms with Gasteiger partial charge >= 0.3 is 0 Å². The van der Waals surface area contributed by atoms with E-state index in [1.165, 1.54) is 9.87 Å². The van der Waals surface area contributed by atoms with Gasteiger partial charge < -0.3 is 5.21 Å². The molecule has 36 heavy (non-hydrogen) atoms. The molecule has 1 aliphatic rings. The SMILES string of the molecule is Cc1cc(C(C[C@H](c2ccc(C3CCN(S(N)(=O)=O)CC3)cc2)c2ccc(Cl)cc2C)=NO)ccn1. The predicted molar refractivity (Wildman–Crippen MR) is 143 cm³/mol. The minimum absolute atomic E-state index is 0.0556. The number of aromatic nitrogens is 1. The Balaban J connectivity index is 1.62. The maximum Gasteiger partial charge on any atom is 0.276 e. The first-order valence-electron chi connectivity index (χ1n) is 11.9. The summed E-state index contributed by atoms with van der Waals surface area (Å²) in [5.41, 5.74) is 6.72. The summed E-state index contributed by atoms with van der Waals surface area (Å²) >= 11 is 6.24. The van der Waals surface area contributed by atoms with E-state index in [0.717, 1.165) is 40.8 Å². The molecule has 0 spiro atoms. The van der Waals surface area contributed by atoms with Crippen molar-refractivity contribution in [3.05, 3.63) is 99.3 Å². The quantitative estimate of drug-likeness (QED) is 0.252. The highest BCUT2D eigenvalue weighted by Crippen LogP contribution is 2.35. The molecule has 190 valence electrons. The minimum atomic E-state index is -3.64. The van der Waals surface area contributed by atoms with Crippen LogP contribution >= 0.6 is 11.6 Å². The number of nitrogens with two attached hydrogens (primary N) is 1. The third-order valence-corrected chi connectivity index (χ3v) is 8.30. The lowest BCUT2D eigenvalue weighted by Gasteiger charge is -2.30. The molecule has 3 aromatic rings. The van der Waals surface area contributed by atoms with E-state index in [4.69, 9.17) is 16.7 Å². The van der Waals surface area contributed by atoms with Gasteiger partial charge in [-0.3, -0.25) is 4.98 Å². The fourth-order valence-electron chi connectivity index (χ4n) is 5.02. The van der Waals surface area contributed by atoms with Gasteiger partial charge in [0.2, 0.25) is 0 Å². The van der Waals surface area contributed by atoms with Crippen molar-refractivity contribution in [2.75, 3.05) is 13.1 Å². The smallest absolute Gasteiger partial charge is 0.276 e. The van der Waals surface area contributed by atoms with Gasteiger partial charge in [-0.25, -0.2) is 5.14 Å². The van der Waals surface area contributed by atoms with Crippen molar-refractivity contribution in [1.82, 2.24) is 9.29 Å². The molecule has 3 N–H and O–H groups in total. The number of piperidine rings is 1. The van der Waals surface area contributed by atoms with Crippen molar-refractivity contribution < 1.29 is 13.6 Å². The number of halogens is 1. The molecule has 7 nitrogen and oxygen atoms in total. The van der Waals surface area contributed by atoms with Crippen molar-refractivity contribution in [1.29, 1.82) is 0 Å². The molecule has 0 amide bonds. The van der Waals surface area contributed by atoms with Crippen molar-refractivity contribution in [2.24, 2.45) is 10.3 Å². The third-order valence-electron chi connectivity index (χ3n) is 6.98. The van der Waals surface area contributed by atoms with Crippen LogP contribution in [0.15, 0.2) is 65.9 Å². The van der Waals surface area contributed by atoms with E-state index in [-0.39, 0.29) is 11.8 Å². The maximum absolute atomic E-state index is 11.6. The molecule has 0 bridgehead atoms. The maximum atomic E-state index is 11.6. The fourth-order valence-corrected chi connectivity index (χ4v) is 5.96. The van der Waals surface area contributed by atoms with Crippen molar-refractivity contribution >= 4 is 27.5 Å². The van der Waals surface area contributed by atoms with Gasteiger partial charge in [-0.1, -0.05) is 47.1 Å². The van der Waals surface area contributed by atoms with Crippen LogP contribution in [0, 0.1) is 13.8 Å². The molecule has 2 heterocycles. The second-order valence-corrected chi connectivity index (χ2v) is 11.4. The zero-order valence-corrected chi connectivity index (χ0v) is 22.0. The largest absolute Gasteiger partial charge is 0.411 e. The Bertz CT molecular complexity index is 1350. The molecular formula is C27H31ClN4O3S. The summed E-state index contributed by atoms with van der Waals surface area (Å²) in [6.07, 6.45) is 3.68. The summed E-state index contributed by atoms with van der Waals surface area (Å²) < 4.78 is 24.6. The molecule has 0 radical (unpaired) electrons. The van der Waals surface area contributed by atoms with Crippen LogP contribution in [0.25, 0.3) is 0 Å². The summed E-state index contributed by atoms with van der Waals surface area (Å²) in [6, 6.07) is 18.1. The summed E-state index contributed by atoms with van der Waals surface area (Å²) in [5.74, 6) is 0.224. The van der Waals surface area contributed by atoms with Crippen LogP contribution in [-0.4, -0.2) is 41.7 Å². The lowest BCUT2D eigenvalue weighted by molar-refractivity contribution is 0.317. The molecule has 1 saturated heterocycles. The summed E-state index contributed by atoms with van der Waals surface area (Å²) in [4.78, 5) is 4.25. The van der Waals surface area contributed by atoms with E-state index in [9.17, 15) is 13.6 Å². The van der Waals surface area contributed by atoms with E-state index in [2.05, 4.69) is 34.4 Å². The molecule has 9 heteroatoms. The first-order chi connectivity index (χ1) is 17.2. The average Bonchev–Trinajstić information content (AvgIpc) is 2.85. The van der Waals surface area contributed by atoms with Crippen LogP contribution in [0.4, 0.5) is 0 Å². The summed E-state index contributed by atoms with van der Waals surface area (Å²) in [5, 5.41) is 19.5.